The Bertz CT molecular complexity index is 1030. The van der Waals surface area contributed by atoms with Crippen molar-refractivity contribution in [2.24, 2.45) is 0 Å². The fourth-order valence-electron chi connectivity index (χ4n) is 4.81. The van der Waals surface area contributed by atoms with Gasteiger partial charge in [0.15, 0.2) is 17.5 Å². The predicted molar refractivity (Wildman–Crippen MR) is 124 cm³/mol. The Kier molecular flexibility index (Phi) is 6.32. The van der Waals surface area contributed by atoms with E-state index in [1.807, 2.05) is 73.7 Å². The minimum atomic E-state index is -0.849. The molecular weight excluding hydrogens is 416 g/mol. The van der Waals surface area contributed by atoms with Gasteiger partial charge in [0.2, 0.25) is 0 Å². The van der Waals surface area contributed by atoms with E-state index in [4.69, 9.17) is 23.7 Å². The zero-order valence-electron chi connectivity index (χ0n) is 19.1. The zero-order valence-corrected chi connectivity index (χ0v) is 19.1. The van der Waals surface area contributed by atoms with Crippen LogP contribution in [0.1, 0.15) is 23.6 Å². The molecule has 1 saturated carbocycles. The van der Waals surface area contributed by atoms with Gasteiger partial charge in [-0.1, -0.05) is 91.0 Å². The van der Waals surface area contributed by atoms with Gasteiger partial charge in [-0.05, 0) is 23.6 Å². The molecule has 0 spiro atoms. The molecule has 0 bridgehead atoms. The molecule has 5 heteroatoms. The van der Waals surface area contributed by atoms with Crippen molar-refractivity contribution in [1.82, 2.24) is 0 Å². The number of methoxy groups -OCH3 is 1. The van der Waals surface area contributed by atoms with Gasteiger partial charge in [-0.3, -0.25) is 0 Å². The largest absolute Gasteiger partial charge is 0.367 e. The quantitative estimate of drug-likeness (QED) is 0.444. The fourth-order valence-corrected chi connectivity index (χ4v) is 4.81. The number of benzene rings is 3. The summed E-state index contributed by atoms with van der Waals surface area (Å²) < 4.78 is 31.5. The summed E-state index contributed by atoms with van der Waals surface area (Å²) in [4.78, 5) is 0. The van der Waals surface area contributed by atoms with Gasteiger partial charge in [0.25, 0.3) is 0 Å². The monoisotopic (exact) mass is 446 g/mol. The third-order valence-electron chi connectivity index (χ3n) is 6.70. The van der Waals surface area contributed by atoms with Crippen molar-refractivity contribution in [3.63, 3.8) is 0 Å². The third kappa shape index (κ3) is 4.12. The molecule has 1 aliphatic carbocycles. The van der Waals surface area contributed by atoms with Crippen molar-refractivity contribution in [3.8, 4) is 0 Å². The van der Waals surface area contributed by atoms with Crippen LogP contribution < -0.4 is 0 Å². The van der Waals surface area contributed by atoms with Crippen LogP contribution in [0.2, 0.25) is 0 Å². The normalized spacial score (nSPS) is 30.2. The highest BCUT2D eigenvalue weighted by atomic mass is 16.8. The van der Waals surface area contributed by atoms with E-state index < -0.39 is 17.5 Å². The highest BCUT2D eigenvalue weighted by molar-refractivity contribution is 5.33. The SMILES string of the molecule is COC1OC2C(OCc3ccccc3)C2(OCc2ccccc2)C1(C)OCc1ccccc1. The van der Waals surface area contributed by atoms with Crippen LogP contribution in [0.5, 0.6) is 0 Å². The molecular formula is C28H30O5. The molecule has 1 aliphatic heterocycles. The van der Waals surface area contributed by atoms with Crippen molar-refractivity contribution in [1.29, 1.82) is 0 Å². The second kappa shape index (κ2) is 9.37. The molecule has 172 valence electrons. The van der Waals surface area contributed by atoms with Crippen LogP contribution in [0.15, 0.2) is 91.0 Å². The summed E-state index contributed by atoms with van der Waals surface area (Å²) in [6, 6.07) is 30.4. The first-order valence-corrected chi connectivity index (χ1v) is 11.4. The molecule has 33 heavy (non-hydrogen) atoms. The molecule has 1 heterocycles. The van der Waals surface area contributed by atoms with Crippen molar-refractivity contribution in [2.45, 2.75) is 56.4 Å². The maximum Gasteiger partial charge on any atom is 0.189 e. The van der Waals surface area contributed by atoms with Crippen LogP contribution in [0.3, 0.4) is 0 Å². The molecule has 5 nitrogen and oxygen atoms in total. The van der Waals surface area contributed by atoms with Crippen LogP contribution in [-0.2, 0) is 43.5 Å². The Morgan fingerprint density at radius 3 is 1.70 bits per heavy atom. The number of ether oxygens (including phenoxy) is 5. The summed E-state index contributed by atoms with van der Waals surface area (Å²) in [5.74, 6) is 0. The Morgan fingerprint density at radius 1 is 0.697 bits per heavy atom. The van der Waals surface area contributed by atoms with Crippen LogP contribution in [0.25, 0.3) is 0 Å². The van der Waals surface area contributed by atoms with E-state index in [2.05, 4.69) is 24.3 Å². The van der Waals surface area contributed by atoms with Gasteiger partial charge in [-0.25, -0.2) is 0 Å². The summed E-state index contributed by atoms with van der Waals surface area (Å²) >= 11 is 0. The molecule has 5 unspecified atom stereocenters. The summed E-state index contributed by atoms with van der Waals surface area (Å²) in [7, 11) is 1.64. The molecule has 3 aromatic carbocycles. The predicted octanol–water partition coefficient (Wildman–Crippen LogP) is 4.89. The fraction of sp³-hybridized carbons (Fsp3) is 0.357. The average Bonchev–Trinajstić information content (AvgIpc) is 3.43. The van der Waals surface area contributed by atoms with E-state index in [1.54, 1.807) is 7.11 Å². The first-order valence-electron chi connectivity index (χ1n) is 11.4. The van der Waals surface area contributed by atoms with Crippen molar-refractivity contribution in [2.75, 3.05) is 7.11 Å². The molecule has 0 N–H and O–H groups in total. The molecule has 3 aromatic rings. The molecule has 0 radical (unpaired) electrons. The smallest absolute Gasteiger partial charge is 0.189 e. The van der Waals surface area contributed by atoms with Gasteiger partial charge in [-0.2, -0.15) is 0 Å². The zero-order chi connectivity index (χ0) is 22.7. The van der Waals surface area contributed by atoms with Crippen LogP contribution in [0, 0.1) is 0 Å². The van der Waals surface area contributed by atoms with Gasteiger partial charge in [0.05, 0.1) is 19.8 Å². The minimum absolute atomic E-state index is 0.256. The second-order valence-electron chi connectivity index (χ2n) is 8.79. The summed E-state index contributed by atoms with van der Waals surface area (Å²) in [6.45, 7) is 3.36. The first kappa shape index (κ1) is 22.3. The number of rotatable bonds is 10. The average molecular weight is 447 g/mol. The topological polar surface area (TPSA) is 46.2 Å². The van der Waals surface area contributed by atoms with E-state index in [9.17, 15) is 0 Å². The first-order chi connectivity index (χ1) is 16.2. The van der Waals surface area contributed by atoms with E-state index in [0.717, 1.165) is 16.7 Å². The van der Waals surface area contributed by atoms with Gasteiger partial charge in [0.1, 0.15) is 12.2 Å². The molecule has 2 fully saturated rings. The van der Waals surface area contributed by atoms with Crippen molar-refractivity contribution >= 4 is 0 Å². The van der Waals surface area contributed by atoms with E-state index in [1.165, 1.54) is 0 Å². The second-order valence-corrected chi connectivity index (χ2v) is 8.79. The molecule has 0 amide bonds. The number of hydrogen-bond acceptors (Lipinski definition) is 5. The lowest BCUT2D eigenvalue weighted by Crippen LogP contribution is -2.55. The van der Waals surface area contributed by atoms with Crippen molar-refractivity contribution < 1.29 is 23.7 Å². The van der Waals surface area contributed by atoms with Gasteiger partial charge < -0.3 is 23.7 Å². The van der Waals surface area contributed by atoms with E-state index in [0.29, 0.717) is 19.8 Å². The van der Waals surface area contributed by atoms with Gasteiger partial charge >= 0.3 is 0 Å². The highest BCUT2D eigenvalue weighted by Gasteiger charge is 2.85. The highest BCUT2D eigenvalue weighted by Crippen LogP contribution is 2.62. The summed E-state index contributed by atoms with van der Waals surface area (Å²) in [5, 5.41) is 0. The maximum atomic E-state index is 6.63. The van der Waals surface area contributed by atoms with E-state index >= 15 is 0 Å². The molecule has 0 aromatic heterocycles. The standard InChI is InChI=1S/C28H30O5/c1-27(31-19-22-14-8-4-9-15-22)26(29-2)33-25-24(30-18-21-12-6-3-7-13-21)28(25,27)32-20-23-16-10-5-11-17-23/h3-17,24-26H,18-20H2,1-2H3. The maximum absolute atomic E-state index is 6.63. The minimum Gasteiger partial charge on any atom is -0.367 e. The molecule has 1 saturated heterocycles. The number of hydrogen-bond donors (Lipinski definition) is 0. The lowest BCUT2D eigenvalue weighted by molar-refractivity contribution is -0.259. The van der Waals surface area contributed by atoms with E-state index in [-0.39, 0.29) is 12.2 Å². The Labute approximate surface area is 195 Å². The van der Waals surface area contributed by atoms with Crippen LogP contribution >= 0.6 is 0 Å². The van der Waals surface area contributed by atoms with Gasteiger partial charge in [-0.15, -0.1) is 0 Å². The Hall–Kier alpha value is -2.54. The molecule has 2 aliphatic rings. The lowest BCUT2D eigenvalue weighted by atomic mass is 9.95. The third-order valence-corrected chi connectivity index (χ3v) is 6.70. The van der Waals surface area contributed by atoms with Crippen LogP contribution in [-0.4, -0.2) is 36.8 Å². The summed E-state index contributed by atoms with van der Waals surface area (Å²) in [6.07, 6.45) is -1.08. The summed E-state index contributed by atoms with van der Waals surface area (Å²) in [5.41, 5.74) is 1.66. The lowest BCUT2D eigenvalue weighted by Gasteiger charge is -2.38. The van der Waals surface area contributed by atoms with Gasteiger partial charge in [0, 0.05) is 7.11 Å². The number of fused-ring (bicyclic) bond motifs is 1. The molecule has 5 atom stereocenters. The van der Waals surface area contributed by atoms with Crippen LogP contribution in [0.4, 0.5) is 0 Å². The van der Waals surface area contributed by atoms with Crippen molar-refractivity contribution in [3.05, 3.63) is 108 Å². The Balaban J connectivity index is 1.39. The Morgan fingerprint density at radius 2 is 1.18 bits per heavy atom. The molecule has 5 rings (SSSR count).